The van der Waals surface area contributed by atoms with Gasteiger partial charge in [-0.3, -0.25) is 9.36 Å². The summed E-state index contributed by atoms with van der Waals surface area (Å²) < 4.78 is 2.31. The van der Waals surface area contributed by atoms with E-state index >= 15 is 0 Å². The minimum Gasteiger partial charge on any atom is -0.332 e. The molecule has 0 aliphatic carbocycles. The molecule has 1 aromatic carbocycles. The second-order valence-electron chi connectivity index (χ2n) is 5.32. The van der Waals surface area contributed by atoms with Crippen LogP contribution >= 0.6 is 34.4 Å². The summed E-state index contributed by atoms with van der Waals surface area (Å²) in [5.74, 6) is 0.670. The number of nitrogens with zero attached hydrogens (tertiary/aromatic N) is 3. The molecular weight excluding hydrogens is 372 g/mol. The van der Waals surface area contributed by atoms with Crippen molar-refractivity contribution < 1.29 is 0 Å². The van der Waals surface area contributed by atoms with E-state index in [-0.39, 0.29) is 5.56 Å². The van der Waals surface area contributed by atoms with Gasteiger partial charge in [-0.15, -0.1) is 22.7 Å². The second kappa shape index (κ2) is 6.99. The van der Waals surface area contributed by atoms with Gasteiger partial charge in [0.25, 0.3) is 5.56 Å². The van der Waals surface area contributed by atoms with Gasteiger partial charge in [-0.05, 0) is 23.6 Å². The van der Waals surface area contributed by atoms with Gasteiger partial charge in [-0.25, -0.2) is 9.97 Å². The summed E-state index contributed by atoms with van der Waals surface area (Å²) in [6.45, 7) is 0. The number of para-hydroxylation sites is 1. The van der Waals surface area contributed by atoms with Crippen LogP contribution in [-0.4, -0.2) is 14.5 Å². The monoisotopic (exact) mass is 386 g/mol. The van der Waals surface area contributed by atoms with Crippen LogP contribution in [0.1, 0.15) is 5.69 Å². The van der Waals surface area contributed by atoms with Crippen molar-refractivity contribution in [1.82, 2.24) is 14.5 Å². The largest absolute Gasteiger partial charge is 0.332 e. The summed E-state index contributed by atoms with van der Waals surface area (Å²) in [7, 11) is 1.76. The Morgan fingerprint density at radius 1 is 1.16 bits per heavy atom. The molecule has 4 rings (SSSR count). The average molecular weight is 387 g/mol. The van der Waals surface area contributed by atoms with E-state index < -0.39 is 0 Å². The summed E-state index contributed by atoms with van der Waals surface area (Å²) in [4.78, 5) is 21.5. The van der Waals surface area contributed by atoms with Crippen molar-refractivity contribution in [2.45, 2.75) is 10.9 Å². The van der Waals surface area contributed by atoms with Gasteiger partial charge in [-0.1, -0.05) is 30.0 Å². The number of anilines is 2. The second-order valence-corrected chi connectivity index (χ2v) is 8.03. The molecular formula is C17H14N4OS3. The number of hydrogen-bond donors (Lipinski definition) is 1. The van der Waals surface area contributed by atoms with Crippen molar-refractivity contribution in [3.05, 3.63) is 63.2 Å². The predicted molar refractivity (Wildman–Crippen MR) is 106 cm³/mol. The van der Waals surface area contributed by atoms with E-state index in [1.165, 1.54) is 23.1 Å². The first kappa shape index (κ1) is 16.3. The molecule has 126 valence electrons. The predicted octanol–water partition coefficient (Wildman–Crippen LogP) is 4.49. The zero-order valence-corrected chi connectivity index (χ0v) is 15.8. The lowest BCUT2D eigenvalue weighted by Crippen LogP contribution is -2.18. The molecule has 0 aliphatic heterocycles. The maximum atomic E-state index is 12.3. The fourth-order valence-corrected chi connectivity index (χ4v) is 4.82. The minimum atomic E-state index is 0.00668. The van der Waals surface area contributed by atoms with Crippen LogP contribution in [0, 0.1) is 0 Å². The molecule has 8 heteroatoms. The molecule has 0 amide bonds. The molecule has 0 spiro atoms. The third-order valence-corrected chi connectivity index (χ3v) is 6.33. The molecule has 4 aromatic rings. The molecule has 1 N–H and O–H groups in total. The van der Waals surface area contributed by atoms with E-state index in [1.54, 1.807) is 23.0 Å². The topological polar surface area (TPSA) is 59.8 Å². The molecule has 0 radical (unpaired) electrons. The Labute approximate surface area is 156 Å². The molecule has 0 unspecified atom stereocenters. The van der Waals surface area contributed by atoms with Crippen LogP contribution in [0.15, 0.2) is 57.1 Å². The van der Waals surface area contributed by atoms with Crippen molar-refractivity contribution >= 4 is 55.5 Å². The molecule has 0 aliphatic rings. The van der Waals surface area contributed by atoms with Crippen molar-refractivity contribution in [3.8, 4) is 0 Å². The van der Waals surface area contributed by atoms with Gasteiger partial charge in [0, 0.05) is 23.9 Å². The average Bonchev–Trinajstić information content (AvgIpc) is 3.27. The normalized spacial score (nSPS) is 11.1. The number of thiazole rings is 1. The Morgan fingerprint density at radius 3 is 2.84 bits per heavy atom. The smallest absolute Gasteiger partial charge is 0.271 e. The van der Waals surface area contributed by atoms with Crippen LogP contribution in [0.5, 0.6) is 0 Å². The lowest BCUT2D eigenvalue weighted by Gasteiger charge is -2.05. The van der Waals surface area contributed by atoms with E-state index in [9.17, 15) is 4.79 Å². The van der Waals surface area contributed by atoms with Crippen LogP contribution in [0.2, 0.25) is 0 Å². The SMILES string of the molecule is Cn1c(SCc2csc(Nc3ccccc3)n2)nc2ccsc2c1=O. The standard InChI is InChI=1S/C17H14N4OS3/c1-21-15(22)14-13(7-8-23-14)20-17(21)25-10-12-9-24-16(19-12)18-11-5-3-2-4-6-11/h2-9H,10H2,1H3,(H,18,19). The van der Waals surface area contributed by atoms with E-state index in [0.29, 0.717) is 15.6 Å². The highest BCUT2D eigenvalue weighted by molar-refractivity contribution is 7.98. The van der Waals surface area contributed by atoms with E-state index in [2.05, 4.69) is 15.3 Å². The molecule has 3 heterocycles. The third kappa shape index (κ3) is 3.46. The van der Waals surface area contributed by atoms with E-state index in [1.807, 2.05) is 47.2 Å². The molecule has 0 saturated carbocycles. The Hall–Kier alpha value is -2.16. The number of rotatable bonds is 5. The number of thioether (sulfide) groups is 1. The molecule has 25 heavy (non-hydrogen) atoms. The Bertz CT molecular complexity index is 1070. The van der Waals surface area contributed by atoms with E-state index in [4.69, 9.17) is 0 Å². The number of thiophene rings is 1. The molecule has 0 bridgehead atoms. The van der Waals surface area contributed by atoms with Gasteiger partial charge in [-0.2, -0.15) is 0 Å². The lowest BCUT2D eigenvalue weighted by molar-refractivity contribution is 0.727. The van der Waals surface area contributed by atoms with Crippen LogP contribution < -0.4 is 10.9 Å². The van der Waals surface area contributed by atoms with Gasteiger partial charge in [0.2, 0.25) is 0 Å². The third-order valence-electron chi connectivity index (χ3n) is 3.57. The molecule has 0 atom stereocenters. The molecule has 0 saturated heterocycles. The minimum absolute atomic E-state index is 0.00668. The van der Waals surface area contributed by atoms with E-state index in [0.717, 1.165) is 22.0 Å². The number of hydrogen-bond acceptors (Lipinski definition) is 7. The van der Waals surface area contributed by atoms with Crippen molar-refractivity contribution in [3.63, 3.8) is 0 Å². The Morgan fingerprint density at radius 2 is 2.00 bits per heavy atom. The lowest BCUT2D eigenvalue weighted by atomic mass is 10.3. The summed E-state index contributed by atoms with van der Waals surface area (Å²) in [6.07, 6.45) is 0. The van der Waals surface area contributed by atoms with Crippen molar-refractivity contribution in [1.29, 1.82) is 0 Å². The van der Waals surface area contributed by atoms with Gasteiger partial charge in [0.15, 0.2) is 10.3 Å². The summed E-state index contributed by atoms with van der Waals surface area (Å²) >= 11 is 4.52. The quantitative estimate of drug-likeness (QED) is 0.405. The van der Waals surface area contributed by atoms with Crippen LogP contribution in [0.3, 0.4) is 0 Å². The zero-order chi connectivity index (χ0) is 17.2. The Balaban J connectivity index is 1.49. The van der Waals surface area contributed by atoms with Crippen LogP contribution in [0.25, 0.3) is 10.2 Å². The number of aromatic nitrogens is 3. The molecule has 5 nitrogen and oxygen atoms in total. The molecule has 0 fully saturated rings. The summed E-state index contributed by atoms with van der Waals surface area (Å²) in [6, 6.07) is 11.9. The number of benzene rings is 1. The Kier molecular flexibility index (Phi) is 4.56. The zero-order valence-electron chi connectivity index (χ0n) is 13.3. The van der Waals surface area contributed by atoms with Crippen molar-refractivity contribution in [2.24, 2.45) is 7.05 Å². The first-order valence-corrected chi connectivity index (χ1v) is 10.3. The van der Waals surface area contributed by atoms with Crippen LogP contribution in [0.4, 0.5) is 10.8 Å². The number of fused-ring (bicyclic) bond motifs is 1. The number of nitrogens with one attached hydrogen (secondary N) is 1. The summed E-state index contributed by atoms with van der Waals surface area (Å²) in [5.41, 5.74) is 2.75. The highest BCUT2D eigenvalue weighted by Gasteiger charge is 2.11. The highest BCUT2D eigenvalue weighted by atomic mass is 32.2. The maximum absolute atomic E-state index is 12.3. The first-order chi connectivity index (χ1) is 12.2. The summed E-state index contributed by atoms with van der Waals surface area (Å²) in [5, 5.41) is 8.79. The van der Waals surface area contributed by atoms with Gasteiger partial charge in [0.1, 0.15) is 4.70 Å². The fraction of sp³-hybridized carbons (Fsp3) is 0.118. The van der Waals surface area contributed by atoms with Crippen LogP contribution in [-0.2, 0) is 12.8 Å². The van der Waals surface area contributed by atoms with Gasteiger partial charge in [0.05, 0.1) is 11.2 Å². The maximum Gasteiger partial charge on any atom is 0.271 e. The van der Waals surface area contributed by atoms with Gasteiger partial charge < -0.3 is 5.32 Å². The highest BCUT2D eigenvalue weighted by Crippen LogP contribution is 2.26. The molecule has 3 aromatic heterocycles. The van der Waals surface area contributed by atoms with Crippen molar-refractivity contribution in [2.75, 3.05) is 5.32 Å². The first-order valence-electron chi connectivity index (χ1n) is 7.54. The van der Waals surface area contributed by atoms with Gasteiger partial charge >= 0.3 is 0 Å². The fourth-order valence-electron chi connectivity index (χ4n) is 2.31.